The van der Waals surface area contributed by atoms with Gasteiger partial charge in [-0.1, -0.05) is 31.5 Å². The molecule has 22 heavy (non-hydrogen) atoms. The van der Waals surface area contributed by atoms with E-state index >= 15 is 0 Å². The summed E-state index contributed by atoms with van der Waals surface area (Å²) in [5, 5.41) is 0. The Balaban J connectivity index is 2.75. The molecule has 4 heteroatoms. The van der Waals surface area contributed by atoms with E-state index in [9.17, 15) is 9.59 Å². The maximum Gasteiger partial charge on any atom is 0.307 e. The van der Waals surface area contributed by atoms with Gasteiger partial charge in [-0.3, -0.25) is 9.59 Å². The summed E-state index contributed by atoms with van der Waals surface area (Å²) in [6.07, 6.45) is 1.16. The van der Waals surface area contributed by atoms with E-state index in [1.54, 1.807) is 11.8 Å². The van der Waals surface area contributed by atoms with Crippen molar-refractivity contribution in [3.8, 4) is 0 Å². The monoisotopic (exact) mass is 305 g/mol. The van der Waals surface area contributed by atoms with Crippen LogP contribution in [0.4, 0.5) is 0 Å². The first-order valence-corrected chi connectivity index (χ1v) is 7.95. The van der Waals surface area contributed by atoms with Crippen molar-refractivity contribution in [2.75, 3.05) is 19.7 Å². The summed E-state index contributed by atoms with van der Waals surface area (Å²) in [6, 6.07) is 7.56. The molecular weight excluding hydrogens is 278 g/mol. The summed E-state index contributed by atoms with van der Waals surface area (Å²) in [5.74, 6) is 0.234. The second kappa shape index (κ2) is 9.23. The van der Waals surface area contributed by atoms with Gasteiger partial charge in [0.05, 0.1) is 13.0 Å². The Morgan fingerprint density at radius 3 is 2.55 bits per heavy atom. The molecule has 0 saturated heterocycles. The van der Waals surface area contributed by atoms with Crippen molar-refractivity contribution in [3.05, 3.63) is 35.4 Å². The number of benzene rings is 1. The van der Waals surface area contributed by atoms with Gasteiger partial charge in [-0.15, -0.1) is 0 Å². The second-order valence-electron chi connectivity index (χ2n) is 5.90. The summed E-state index contributed by atoms with van der Waals surface area (Å²) in [5.41, 5.74) is 1.73. The van der Waals surface area contributed by atoms with Gasteiger partial charge in [0.25, 0.3) is 5.91 Å². The van der Waals surface area contributed by atoms with Gasteiger partial charge in [0.2, 0.25) is 0 Å². The van der Waals surface area contributed by atoms with Crippen molar-refractivity contribution in [2.45, 2.75) is 40.5 Å². The molecule has 1 aromatic carbocycles. The van der Waals surface area contributed by atoms with Gasteiger partial charge in [0.1, 0.15) is 0 Å². The molecule has 0 spiro atoms. The summed E-state index contributed by atoms with van der Waals surface area (Å²) in [4.78, 5) is 25.9. The number of carbonyl (C=O) groups is 2. The van der Waals surface area contributed by atoms with E-state index in [0.717, 1.165) is 12.0 Å². The molecule has 122 valence electrons. The van der Waals surface area contributed by atoms with E-state index in [2.05, 4.69) is 13.8 Å². The number of hydrogen-bond donors (Lipinski definition) is 0. The molecular formula is C18H27NO3. The smallest absolute Gasteiger partial charge is 0.307 e. The minimum atomic E-state index is -0.255. The van der Waals surface area contributed by atoms with Crippen molar-refractivity contribution < 1.29 is 14.3 Å². The molecule has 0 fully saturated rings. The minimum Gasteiger partial charge on any atom is -0.466 e. The van der Waals surface area contributed by atoms with Gasteiger partial charge >= 0.3 is 5.97 Å². The van der Waals surface area contributed by atoms with Crippen molar-refractivity contribution in [1.82, 2.24) is 4.90 Å². The van der Waals surface area contributed by atoms with Crippen LogP contribution in [-0.2, 0) is 9.53 Å². The average molecular weight is 305 g/mol. The zero-order valence-corrected chi connectivity index (χ0v) is 14.1. The third kappa shape index (κ3) is 6.29. The molecule has 1 aromatic rings. The number of aryl methyl sites for hydroxylation is 1. The van der Waals surface area contributed by atoms with Gasteiger partial charge in [0.15, 0.2) is 0 Å². The Bertz CT molecular complexity index is 497. The molecule has 0 atom stereocenters. The standard InChI is InChI=1S/C18H27NO3/c1-5-22-17(20)10-12-19(11-9-14(2)3)18(21)16-8-6-7-15(4)13-16/h6-8,13-14H,5,9-12H2,1-4H3. The molecule has 0 bridgehead atoms. The Labute approximate surface area is 133 Å². The highest BCUT2D eigenvalue weighted by atomic mass is 16.5. The largest absolute Gasteiger partial charge is 0.466 e. The van der Waals surface area contributed by atoms with Gasteiger partial charge in [0, 0.05) is 18.7 Å². The molecule has 1 rings (SSSR count). The fraction of sp³-hybridized carbons (Fsp3) is 0.556. The Morgan fingerprint density at radius 1 is 1.23 bits per heavy atom. The van der Waals surface area contributed by atoms with Crippen molar-refractivity contribution in [3.63, 3.8) is 0 Å². The van der Waals surface area contributed by atoms with Crippen LogP contribution in [0.25, 0.3) is 0 Å². The lowest BCUT2D eigenvalue weighted by atomic mass is 10.1. The number of carbonyl (C=O) groups excluding carboxylic acids is 2. The van der Waals surface area contributed by atoms with Crippen LogP contribution in [0.3, 0.4) is 0 Å². The fourth-order valence-electron chi connectivity index (χ4n) is 2.15. The number of amides is 1. The minimum absolute atomic E-state index is 0.0198. The topological polar surface area (TPSA) is 46.6 Å². The number of rotatable bonds is 8. The SMILES string of the molecule is CCOC(=O)CCN(CCC(C)C)C(=O)c1cccc(C)c1. The zero-order chi connectivity index (χ0) is 16.5. The normalized spacial score (nSPS) is 10.6. The van der Waals surface area contributed by atoms with E-state index in [-0.39, 0.29) is 18.3 Å². The van der Waals surface area contributed by atoms with Crippen LogP contribution in [0.15, 0.2) is 24.3 Å². The van der Waals surface area contributed by atoms with Crippen LogP contribution in [0.1, 0.15) is 49.5 Å². The van der Waals surface area contributed by atoms with Crippen molar-refractivity contribution >= 4 is 11.9 Å². The lowest BCUT2D eigenvalue weighted by Gasteiger charge is -2.23. The summed E-state index contributed by atoms with van der Waals surface area (Å²) in [7, 11) is 0. The molecule has 0 heterocycles. The predicted octanol–water partition coefficient (Wildman–Crippen LogP) is 3.44. The van der Waals surface area contributed by atoms with E-state index < -0.39 is 0 Å². The average Bonchev–Trinajstić information content (AvgIpc) is 2.46. The summed E-state index contributed by atoms with van der Waals surface area (Å²) < 4.78 is 4.95. The maximum atomic E-state index is 12.7. The molecule has 0 N–H and O–H groups in total. The van der Waals surface area contributed by atoms with Crippen molar-refractivity contribution in [2.24, 2.45) is 5.92 Å². The summed E-state index contributed by atoms with van der Waals surface area (Å²) in [6.45, 7) is 9.43. The van der Waals surface area contributed by atoms with E-state index in [0.29, 0.717) is 31.2 Å². The van der Waals surface area contributed by atoms with Crippen LogP contribution in [-0.4, -0.2) is 36.5 Å². The Hall–Kier alpha value is -1.84. The first-order valence-electron chi connectivity index (χ1n) is 7.95. The van der Waals surface area contributed by atoms with Gasteiger partial charge < -0.3 is 9.64 Å². The van der Waals surface area contributed by atoms with Gasteiger partial charge in [-0.2, -0.15) is 0 Å². The lowest BCUT2D eigenvalue weighted by molar-refractivity contribution is -0.143. The first kappa shape index (κ1) is 18.2. The second-order valence-corrected chi connectivity index (χ2v) is 5.90. The number of ether oxygens (including phenoxy) is 1. The fourth-order valence-corrected chi connectivity index (χ4v) is 2.15. The van der Waals surface area contributed by atoms with Crippen LogP contribution in [0.5, 0.6) is 0 Å². The molecule has 0 unspecified atom stereocenters. The summed E-state index contributed by atoms with van der Waals surface area (Å²) >= 11 is 0. The first-order chi connectivity index (χ1) is 10.4. The van der Waals surface area contributed by atoms with Crippen molar-refractivity contribution in [1.29, 1.82) is 0 Å². The molecule has 0 radical (unpaired) electrons. The highest BCUT2D eigenvalue weighted by Crippen LogP contribution is 2.11. The molecule has 4 nitrogen and oxygen atoms in total. The van der Waals surface area contributed by atoms with Gasteiger partial charge in [-0.05, 0) is 38.3 Å². The molecule has 0 aromatic heterocycles. The van der Waals surface area contributed by atoms with E-state index in [4.69, 9.17) is 4.74 Å². The third-order valence-corrected chi connectivity index (χ3v) is 3.42. The molecule has 0 saturated carbocycles. The number of nitrogens with zero attached hydrogens (tertiary/aromatic N) is 1. The lowest BCUT2D eigenvalue weighted by Crippen LogP contribution is -2.34. The quantitative estimate of drug-likeness (QED) is 0.691. The van der Waals surface area contributed by atoms with Crippen LogP contribution in [0.2, 0.25) is 0 Å². The molecule has 0 aliphatic carbocycles. The van der Waals surface area contributed by atoms with Crippen LogP contribution in [0, 0.1) is 12.8 Å². The zero-order valence-electron chi connectivity index (χ0n) is 14.1. The Morgan fingerprint density at radius 2 is 1.95 bits per heavy atom. The van der Waals surface area contributed by atoms with Crippen LogP contribution < -0.4 is 0 Å². The maximum absolute atomic E-state index is 12.7. The number of esters is 1. The predicted molar refractivity (Wildman–Crippen MR) is 87.8 cm³/mol. The number of hydrogen-bond acceptors (Lipinski definition) is 3. The molecule has 0 aliphatic heterocycles. The Kier molecular flexibility index (Phi) is 7.64. The third-order valence-electron chi connectivity index (χ3n) is 3.42. The molecule has 0 aliphatic rings. The van der Waals surface area contributed by atoms with Crippen LogP contribution >= 0.6 is 0 Å². The van der Waals surface area contributed by atoms with E-state index in [1.165, 1.54) is 0 Å². The van der Waals surface area contributed by atoms with E-state index in [1.807, 2.05) is 31.2 Å². The highest BCUT2D eigenvalue weighted by Gasteiger charge is 2.17. The molecule has 1 amide bonds. The highest BCUT2D eigenvalue weighted by molar-refractivity contribution is 5.94. The van der Waals surface area contributed by atoms with Gasteiger partial charge in [-0.25, -0.2) is 0 Å².